The van der Waals surface area contributed by atoms with E-state index >= 15 is 0 Å². The molecular formula is C25H28O5. The fourth-order valence-corrected chi connectivity index (χ4v) is 3.47. The van der Waals surface area contributed by atoms with Crippen molar-refractivity contribution in [1.29, 1.82) is 0 Å². The summed E-state index contributed by atoms with van der Waals surface area (Å²) in [5.41, 5.74) is 4.28. The molecule has 158 valence electrons. The first-order valence-electron chi connectivity index (χ1n) is 10.2. The van der Waals surface area contributed by atoms with Crippen molar-refractivity contribution in [2.45, 2.75) is 60.0 Å². The van der Waals surface area contributed by atoms with Gasteiger partial charge in [-0.25, -0.2) is 9.59 Å². The van der Waals surface area contributed by atoms with E-state index < -0.39 is 11.6 Å². The highest BCUT2D eigenvalue weighted by atomic mass is 16.5. The van der Waals surface area contributed by atoms with Crippen molar-refractivity contribution >= 4 is 16.9 Å². The van der Waals surface area contributed by atoms with Crippen LogP contribution >= 0.6 is 0 Å². The molecule has 0 saturated carbocycles. The topological polar surface area (TPSA) is 76.7 Å². The van der Waals surface area contributed by atoms with Gasteiger partial charge in [-0.05, 0) is 54.0 Å². The van der Waals surface area contributed by atoms with Crippen molar-refractivity contribution in [3.8, 4) is 5.75 Å². The molecule has 0 amide bonds. The van der Waals surface area contributed by atoms with E-state index in [0.717, 1.165) is 22.1 Å². The Bertz CT molecular complexity index is 1170. The average Bonchev–Trinajstić information content (AvgIpc) is 2.68. The zero-order valence-electron chi connectivity index (χ0n) is 18.3. The molecule has 3 rings (SSSR count). The number of carbonyl (C=O) groups excluding carboxylic acids is 1. The van der Waals surface area contributed by atoms with E-state index in [1.807, 2.05) is 59.7 Å². The number of ether oxygens (including phenoxy) is 1. The number of aromatic hydroxyl groups is 1. The highest BCUT2D eigenvalue weighted by molar-refractivity contribution is 5.93. The molecular weight excluding hydrogens is 380 g/mol. The van der Waals surface area contributed by atoms with Gasteiger partial charge in [-0.1, -0.05) is 45.9 Å². The van der Waals surface area contributed by atoms with Crippen LogP contribution in [-0.2, 0) is 11.3 Å². The number of hydrogen-bond donors (Lipinski definition) is 1. The molecule has 30 heavy (non-hydrogen) atoms. The van der Waals surface area contributed by atoms with Crippen molar-refractivity contribution in [2.24, 2.45) is 0 Å². The lowest BCUT2D eigenvalue weighted by Gasteiger charge is -2.17. The van der Waals surface area contributed by atoms with Crippen LogP contribution in [0.4, 0.5) is 0 Å². The number of benzene rings is 2. The molecule has 3 aromatic rings. The second-order valence-electron chi connectivity index (χ2n) is 8.37. The summed E-state index contributed by atoms with van der Waals surface area (Å²) < 4.78 is 10.9. The molecule has 0 saturated heterocycles. The van der Waals surface area contributed by atoms with E-state index in [4.69, 9.17) is 9.15 Å². The van der Waals surface area contributed by atoms with Gasteiger partial charge in [0.25, 0.3) is 0 Å². The first-order chi connectivity index (χ1) is 14.1. The molecule has 0 bridgehead atoms. The maximum atomic E-state index is 12.8. The molecule has 5 heteroatoms. The van der Waals surface area contributed by atoms with Crippen LogP contribution in [0.2, 0.25) is 0 Å². The fourth-order valence-electron chi connectivity index (χ4n) is 3.47. The number of esters is 1. The molecule has 0 atom stereocenters. The van der Waals surface area contributed by atoms with Gasteiger partial charge in [-0.3, -0.25) is 0 Å². The standard InChI is InChI=1S/C25H28O5/c1-13(2)17-9-20(14(3)4)23(27)21(10-17)25(28)29-12-18-11-22(26)30-24-16(6)15(5)7-8-19(18)24/h7-11,13-14,27H,12H2,1-6H3. The number of phenols is 1. The van der Waals surface area contributed by atoms with Crippen LogP contribution in [0.25, 0.3) is 11.0 Å². The molecule has 0 radical (unpaired) electrons. The molecule has 0 unspecified atom stereocenters. The van der Waals surface area contributed by atoms with Crippen LogP contribution < -0.4 is 5.63 Å². The summed E-state index contributed by atoms with van der Waals surface area (Å²) in [4.78, 5) is 24.9. The van der Waals surface area contributed by atoms with Crippen LogP contribution in [0.1, 0.15) is 77.7 Å². The summed E-state index contributed by atoms with van der Waals surface area (Å²) in [7, 11) is 0. The Hall–Kier alpha value is -3.08. The summed E-state index contributed by atoms with van der Waals surface area (Å²) in [6.45, 7) is 11.7. The van der Waals surface area contributed by atoms with Crippen molar-refractivity contribution in [2.75, 3.05) is 0 Å². The third-order valence-corrected chi connectivity index (χ3v) is 5.55. The molecule has 1 heterocycles. The van der Waals surface area contributed by atoms with Gasteiger partial charge in [-0.2, -0.15) is 0 Å². The van der Waals surface area contributed by atoms with Crippen molar-refractivity contribution < 1.29 is 19.1 Å². The minimum absolute atomic E-state index is 0.0525. The quantitative estimate of drug-likeness (QED) is 0.432. The second kappa shape index (κ2) is 8.34. The largest absolute Gasteiger partial charge is 0.507 e. The van der Waals surface area contributed by atoms with E-state index in [9.17, 15) is 14.7 Å². The summed E-state index contributed by atoms with van der Waals surface area (Å²) in [5, 5.41) is 11.4. The number of phenolic OH excluding ortho intramolecular Hbond substituents is 1. The maximum Gasteiger partial charge on any atom is 0.342 e. The van der Waals surface area contributed by atoms with E-state index in [0.29, 0.717) is 16.7 Å². The molecule has 0 aliphatic carbocycles. The van der Waals surface area contributed by atoms with Crippen molar-refractivity contribution in [1.82, 2.24) is 0 Å². The van der Waals surface area contributed by atoms with Gasteiger partial charge in [0.15, 0.2) is 0 Å². The van der Waals surface area contributed by atoms with E-state index in [1.54, 1.807) is 6.07 Å². The van der Waals surface area contributed by atoms with Crippen LogP contribution in [0.5, 0.6) is 5.75 Å². The minimum atomic E-state index is -0.623. The van der Waals surface area contributed by atoms with Gasteiger partial charge in [0.05, 0.1) is 0 Å². The Labute approximate surface area is 176 Å². The van der Waals surface area contributed by atoms with Gasteiger partial charge in [0.1, 0.15) is 23.5 Å². The third kappa shape index (κ3) is 4.11. The summed E-state index contributed by atoms with van der Waals surface area (Å²) in [6, 6.07) is 8.75. The highest BCUT2D eigenvalue weighted by Crippen LogP contribution is 2.33. The summed E-state index contributed by atoms with van der Waals surface area (Å²) in [6.07, 6.45) is 0. The number of hydrogen-bond acceptors (Lipinski definition) is 5. The molecule has 1 N–H and O–H groups in total. The number of aryl methyl sites for hydroxylation is 2. The predicted octanol–water partition coefficient (Wildman–Crippen LogP) is 5.72. The summed E-state index contributed by atoms with van der Waals surface area (Å²) in [5.74, 6) is -0.418. The monoisotopic (exact) mass is 408 g/mol. The summed E-state index contributed by atoms with van der Waals surface area (Å²) >= 11 is 0. The molecule has 2 aromatic carbocycles. The molecule has 0 aliphatic heterocycles. The third-order valence-electron chi connectivity index (χ3n) is 5.55. The number of fused-ring (bicyclic) bond motifs is 1. The van der Waals surface area contributed by atoms with Crippen LogP contribution in [0.15, 0.2) is 39.5 Å². The molecule has 0 spiro atoms. The first kappa shape index (κ1) is 21.6. The Morgan fingerprint density at radius 3 is 2.40 bits per heavy atom. The Morgan fingerprint density at radius 1 is 1.07 bits per heavy atom. The normalized spacial score (nSPS) is 11.5. The van der Waals surface area contributed by atoms with Crippen molar-refractivity contribution in [3.05, 3.63) is 74.1 Å². The predicted molar refractivity (Wildman–Crippen MR) is 117 cm³/mol. The Morgan fingerprint density at radius 2 is 1.77 bits per heavy atom. The smallest absolute Gasteiger partial charge is 0.342 e. The van der Waals surface area contributed by atoms with Crippen LogP contribution in [0.3, 0.4) is 0 Å². The lowest BCUT2D eigenvalue weighted by Crippen LogP contribution is -2.10. The molecule has 0 aliphatic rings. The Balaban J connectivity index is 1.97. The number of carbonyl (C=O) groups is 1. The zero-order valence-corrected chi connectivity index (χ0v) is 18.3. The van der Waals surface area contributed by atoms with Gasteiger partial charge in [0.2, 0.25) is 0 Å². The Kier molecular flexibility index (Phi) is 6.01. The molecule has 1 aromatic heterocycles. The fraction of sp³-hybridized carbons (Fsp3) is 0.360. The van der Waals surface area contributed by atoms with Gasteiger partial charge in [-0.15, -0.1) is 0 Å². The number of rotatable bonds is 5. The van der Waals surface area contributed by atoms with E-state index in [1.165, 1.54) is 6.07 Å². The van der Waals surface area contributed by atoms with Crippen molar-refractivity contribution in [3.63, 3.8) is 0 Å². The van der Waals surface area contributed by atoms with E-state index in [2.05, 4.69) is 0 Å². The SMILES string of the molecule is Cc1ccc2c(COC(=O)c3cc(C(C)C)cc(C(C)C)c3O)cc(=O)oc2c1C. The maximum absolute atomic E-state index is 12.8. The van der Waals surface area contributed by atoms with Gasteiger partial charge >= 0.3 is 11.6 Å². The lowest BCUT2D eigenvalue weighted by atomic mass is 9.92. The minimum Gasteiger partial charge on any atom is -0.507 e. The lowest BCUT2D eigenvalue weighted by molar-refractivity contribution is 0.0470. The average molecular weight is 408 g/mol. The second-order valence-corrected chi connectivity index (χ2v) is 8.37. The highest BCUT2D eigenvalue weighted by Gasteiger charge is 2.21. The molecule has 0 fully saturated rings. The zero-order chi connectivity index (χ0) is 22.2. The van der Waals surface area contributed by atoms with Crippen LogP contribution in [-0.4, -0.2) is 11.1 Å². The van der Waals surface area contributed by atoms with E-state index in [-0.39, 0.29) is 29.8 Å². The first-order valence-corrected chi connectivity index (χ1v) is 10.2. The van der Waals surface area contributed by atoms with Crippen LogP contribution in [0, 0.1) is 13.8 Å². The molecule has 5 nitrogen and oxygen atoms in total. The van der Waals surface area contributed by atoms with Gasteiger partial charge in [0, 0.05) is 17.0 Å². The van der Waals surface area contributed by atoms with Gasteiger partial charge < -0.3 is 14.3 Å².